The molecule has 0 aliphatic rings. The Balaban J connectivity index is 2.00. The minimum atomic E-state index is -0.0301. The van der Waals surface area contributed by atoms with Crippen LogP contribution in [0.15, 0.2) is 53.4 Å². The van der Waals surface area contributed by atoms with E-state index in [9.17, 15) is 4.79 Å². The van der Waals surface area contributed by atoms with Gasteiger partial charge in [-0.3, -0.25) is 9.69 Å². The van der Waals surface area contributed by atoms with Crippen molar-refractivity contribution in [3.05, 3.63) is 54.1 Å². The highest BCUT2D eigenvalue weighted by molar-refractivity contribution is 7.98. The summed E-state index contributed by atoms with van der Waals surface area (Å²) in [4.78, 5) is 15.5. The second-order valence-electron chi connectivity index (χ2n) is 5.61. The van der Waals surface area contributed by atoms with E-state index in [1.165, 1.54) is 0 Å². The summed E-state index contributed by atoms with van der Waals surface area (Å²) in [5.41, 5.74) is 1.89. The summed E-state index contributed by atoms with van der Waals surface area (Å²) in [6.07, 6.45) is 2.02. The Morgan fingerprint density at radius 3 is 2.71 bits per heavy atom. The van der Waals surface area contributed by atoms with E-state index in [1.54, 1.807) is 18.9 Å². The third-order valence-electron chi connectivity index (χ3n) is 4.00. The maximum absolute atomic E-state index is 12.3. The summed E-state index contributed by atoms with van der Waals surface area (Å²) >= 11 is 1.65. The molecule has 1 atom stereocenters. The second kappa shape index (κ2) is 8.76. The van der Waals surface area contributed by atoms with Crippen molar-refractivity contribution >= 4 is 23.4 Å². The number of likely N-dealkylation sites (N-methyl/N-ethyl adjacent to an activating group) is 1. The summed E-state index contributed by atoms with van der Waals surface area (Å²) in [6, 6.07) is 15.8. The number of carbonyl (C=O) groups excluding carboxylic acids is 1. The van der Waals surface area contributed by atoms with Gasteiger partial charge >= 0.3 is 0 Å². The fraction of sp³-hybridized carbons (Fsp3) is 0.316. The quantitative estimate of drug-likeness (QED) is 0.770. The van der Waals surface area contributed by atoms with E-state index in [-0.39, 0.29) is 11.9 Å². The summed E-state index contributed by atoms with van der Waals surface area (Å²) in [7, 11) is 3.60. The van der Waals surface area contributed by atoms with Crippen LogP contribution >= 0.6 is 11.8 Å². The number of ether oxygens (including phenoxy) is 1. The lowest BCUT2D eigenvalue weighted by molar-refractivity contribution is -0.117. The molecule has 2 aromatic carbocycles. The molecule has 128 valence electrons. The Kier molecular flexibility index (Phi) is 6.70. The molecule has 0 unspecified atom stereocenters. The Bertz CT molecular complexity index is 691. The van der Waals surface area contributed by atoms with E-state index in [0.29, 0.717) is 6.54 Å². The molecule has 2 aromatic rings. The van der Waals surface area contributed by atoms with Crippen LogP contribution < -0.4 is 10.1 Å². The van der Waals surface area contributed by atoms with Gasteiger partial charge in [0.2, 0.25) is 5.91 Å². The van der Waals surface area contributed by atoms with Crippen LogP contribution in [0.3, 0.4) is 0 Å². The summed E-state index contributed by atoms with van der Waals surface area (Å²) in [5.74, 6) is 0.808. The molecule has 0 saturated carbocycles. The van der Waals surface area contributed by atoms with Crippen LogP contribution in [0.25, 0.3) is 0 Å². The number of anilines is 1. The van der Waals surface area contributed by atoms with E-state index in [1.807, 2.05) is 66.7 Å². The van der Waals surface area contributed by atoms with E-state index in [4.69, 9.17) is 4.74 Å². The van der Waals surface area contributed by atoms with Gasteiger partial charge in [-0.2, -0.15) is 0 Å². The molecule has 0 aliphatic carbocycles. The van der Waals surface area contributed by atoms with Crippen LogP contribution in [-0.2, 0) is 4.79 Å². The van der Waals surface area contributed by atoms with Gasteiger partial charge in [-0.05, 0) is 44.5 Å². The molecule has 0 radical (unpaired) electrons. The topological polar surface area (TPSA) is 41.6 Å². The SMILES string of the molecule is COc1ccccc1[C@@H](C)N(C)CC(=O)Nc1cccc(SC)c1. The minimum Gasteiger partial charge on any atom is -0.496 e. The van der Waals surface area contributed by atoms with Crippen LogP contribution in [0.1, 0.15) is 18.5 Å². The van der Waals surface area contributed by atoms with Crippen molar-refractivity contribution in [2.75, 3.05) is 32.3 Å². The van der Waals surface area contributed by atoms with Gasteiger partial charge in [0.15, 0.2) is 0 Å². The van der Waals surface area contributed by atoms with Gasteiger partial charge < -0.3 is 10.1 Å². The first-order valence-electron chi connectivity index (χ1n) is 7.82. The number of hydrogen-bond donors (Lipinski definition) is 1. The Morgan fingerprint density at radius 1 is 1.25 bits per heavy atom. The lowest BCUT2D eigenvalue weighted by Gasteiger charge is -2.25. The summed E-state index contributed by atoms with van der Waals surface area (Å²) in [5, 5.41) is 2.96. The second-order valence-corrected chi connectivity index (χ2v) is 6.49. The van der Waals surface area contributed by atoms with Crippen LogP contribution in [0.2, 0.25) is 0 Å². The summed E-state index contributed by atoms with van der Waals surface area (Å²) < 4.78 is 5.41. The zero-order valence-electron chi connectivity index (χ0n) is 14.6. The predicted octanol–water partition coefficient (Wildman–Crippen LogP) is 4.05. The van der Waals surface area contributed by atoms with E-state index < -0.39 is 0 Å². The molecular weight excluding hydrogens is 320 g/mol. The van der Waals surface area contributed by atoms with Crippen molar-refractivity contribution in [3.63, 3.8) is 0 Å². The number of methoxy groups -OCH3 is 1. The van der Waals surface area contributed by atoms with Crippen molar-refractivity contribution in [3.8, 4) is 5.75 Å². The monoisotopic (exact) mass is 344 g/mol. The Labute approximate surface area is 148 Å². The lowest BCUT2D eigenvalue weighted by atomic mass is 10.1. The molecular formula is C19H24N2O2S. The first kappa shape index (κ1) is 18.4. The number of nitrogens with zero attached hydrogens (tertiary/aromatic N) is 1. The molecule has 0 bridgehead atoms. The zero-order chi connectivity index (χ0) is 17.5. The predicted molar refractivity (Wildman–Crippen MR) is 101 cm³/mol. The van der Waals surface area contributed by atoms with Crippen molar-refractivity contribution in [2.24, 2.45) is 0 Å². The first-order valence-corrected chi connectivity index (χ1v) is 9.04. The number of amides is 1. The molecule has 5 heteroatoms. The third-order valence-corrected chi connectivity index (χ3v) is 4.72. The fourth-order valence-corrected chi connectivity index (χ4v) is 2.97. The Morgan fingerprint density at radius 2 is 2.00 bits per heavy atom. The van der Waals surface area contributed by atoms with Gasteiger partial charge in [0.1, 0.15) is 5.75 Å². The molecule has 1 amide bonds. The molecule has 24 heavy (non-hydrogen) atoms. The number of para-hydroxylation sites is 1. The highest BCUT2D eigenvalue weighted by Crippen LogP contribution is 2.28. The van der Waals surface area contributed by atoms with Gasteiger partial charge in [-0.15, -0.1) is 11.8 Å². The van der Waals surface area contributed by atoms with Gasteiger partial charge in [0, 0.05) is 22.2 Å². The van der Waals surface area contributed by atoms with Crippen LogP contribution in [-0.4, -0.2) is 37.8 Å². The lowest BCUT2D eigenvalue weighted by Crippen LogP contribution is -2.32. The number of carbonyl (C=O) groups is 1. The number of thioether (sulfide) groups is 1. The zero-order valence-corrected chi connectivity index (χ0v) is 15.4. The van der Waals surface area contributed by atoms with Gasteiger partial charge in [0.05, 0.1) is 13.7 Å². The Hall–Kier alpha value is -1.98. The highest BCUT2D eigenvalue weighted by atomic mass is 32.2. The molecule has 0 saturated heterocycles. The molecule has 0 aliphatic heterocycles. The number of rotatable bonds is 7. The normalized spacial score (nSPS) is 12.0. The first-order chi connectivity index (χ1) is 11.5. The number of nitrogens with one attached hydrogen (secondary N) is 1. The van der Waals surface area contributed by atoms with E-state index >= 15 is 0 Å². The van der Waals surface area contributed by atoms with Gasteiger partial charge in [-0.25, -0.2) is 0 Å². The highest BCUT2D eigenvalue weighted by Gasteiger charge is 2.18. The van der Waals surface area contributed by atoms with Crippen LogP contribution in [0, 0.1) is 0 Å². The molecule has 0 spiro atoms. The summed E-state index contributed by atoms with van der Waals surface area (Å²) in [6.45, 7) is 2.38. The van der Waals surface area contributed by atoms with Crippen LogP contribution in [0.4, 0.5) is 5.69 Å². The van der Waals surface area contributed by atoms with Gasteiger partial charge in [-0.1, -0.05) is 24.3 Å². The largest absolute Gasteiger partial charge is 0.496 e. The molecule has 0 aromatic heterocycles. The third kappa shape index (κ3) is 4.76. The fourth-order valence-electron chi connectivity index (χ4n) is 2.51. The van der Waals surface area contributed by atoms with Crippen molar-refractivity contribution in [1.29, 1.82) is 0 Å². The van der Waals surface area contributed by atoms with Crippen molar-refractivity contribution in [2.45, 2.75) is 17.9 Å². The standard InChI is InChI=1S/C19H24N2O2S/c1-14(17-10-5-6-11-18(17)23-3)21(2)13-19(22)20-15-8-7-9-16(12-15)24-4/h5-12,14H,13H2,1-4H3,(H,20,22)/t14-/m1/s1. The number of hydrogen-bond acceptors (Lipinski definition) is 4. The molecule has 2 rings (SSSR count). The molecule has 0 fully saturated rings. The smallest absolute Gasteiger partial charge is 0.238 e. The average molecular weight is 344 g/mol. The minimum absolute atomic E-state index is 0.0301. The maximum Gasteiger partial charge on any atom is 0.238 e. The van der Waals surface area contributed by atoms with Crippen molar-refractivity contribution in [1.82, 2.24) is 4.90 Å². The average Bonchev–Trinajstić information content (AvgIpc) is 2.60. The van der Waals surface area contributed by atoms with Crippen LogP contribution in [0.5, 0.6) is 5.75 Å². The molecule has 1 N–H and O–H groups in total. The van der Waals surface area contributed by atoms with Gasteiger partial charge in [0.25, 0.3) is 0 Å². The molecule has 0 heterocycles. The maximum atomic E-state index is 12.3. The van der Waals surface area contributed by atoms with E-state index in [0.717, 1.165) is 21.9 Å². The van der Waals surface area contributed by atoms with E-state index in [2.05, 4.69) is 12.2 Å². The van der Waals surface area contributed by atoms with Crippen molar-refractivity contribution < 1.29 is 9.53 Å². The number of benzene rings is 2. The molecule has 4 nitrogen and oxygen atoms in total.